The molecule has 3 heterocycles. The zero-order chi connectivity index (χ0) is 25.4. The molecule has 7 heteroatoms. The van der Waals surface area contributed by atoms with Gasteiger partial charge in [-0.15, -0.1) is 0 Å². The zero-order valence-electron chi connectivity index (χ0n) is 20.7. The maximum absolute atomic E-state index is 11.7. The van der Waals surface area contributed by atoms with E-state index in [4.69, 9.17) is 14.2 Å². The van der Waals surface area contributed by atoms with Crippen LogP contribution in [0.5, 0.6) is 5.75 Å². The minimum Gasteiger partial charge on any atom is -0.488 e. The number of rotatable bonds is 5. The number of nitrogens with one attached hydrogen (secondary N) is 1. The first-order valence-corrected chi connectivity index (χ1v) is 12.3. The van der Waals surface area contributed by atoms with Crippen molar-refractivity contribution in [1.82, 2.24) is 19.7 Å². The largest absolute Gasteiger partial charge is 0.488 e. The molecule has 0 aliphatic carbocycles. The monoisotopic (exact) mass is 490 g/mol. The molecule has 0 saturated carbocycles. The molecule has 2 aromatic heterocycles. The zero-order valence-corrected chi connectivity index (χ0v) is 20.7. The Balaban J connectivity index is 1.42. The molecule has 0 unspecified atom stereocenters. The Morgan fingerprint density at radius 1 is 1.03 bits per heavy atom. The van der Waals surface area contributed by atoms with Gasteiger partial charge < -0.3 is 9.30 Å². The molecule has 0 radical (unpaired) electrons. The van der Waals surface area contributed by atoms with Crippen molar-refractivity contribution in [3.63, 3.8) is 0 Å². The van der Waals surface area contributed by atoms with Crippen LogP contribution in [0.4, 0.5) is 0 Å². The highest BCUT2D eigenvalue weighted by Crippen LogP contribution is 2.40. The topological polar surface area (TPSA) is 85.9 Å². The Kier molecular flexibility index (Phi) is 5.81. The molecule has 1 aliphatic rings. The van der Waals surface area contributed by atoms with Gasteiger partial charge in [0.1, 0.15) is 18.2 Å². The Labute approximate surface area is 214 Å². The lowest BCUT2D eigenvalue weighted by molar-refractivity contribution is 0.307. The van der Waals surface area contributed by atoms with Gasteiger partial charge in [-0.3, -0.25) is 9.51 Å². The molecule has 184 valence electrons. The van der Waals surface area contributed by atoms with Gasteiger partial charge >= 0.3 is 5.76 Å². The lowest BCUT2D eigenvalue weighted by atomic mass is 9.89. The first-order chi connectivity index (χ1) is 18.1. The van der Waals surface area contributed by atoms with Crippen molar-refractivity contribution in [3.8, 4) is 17.0 Å². The molecule has 0 saturated heterocycles. The molecule has 5 aromatic rings. The summed E-state index contributed by atoms with van der Waals surface area (Å²) in [6, 6.07) is 24.7. The summed E-state index contributed by atoms with van der Waals surface area (Å²) in [5.74, 6) is 1.66. The number of para-hydroxylation sites is 1. The Hall–Kier alpha value is -4.65. The van der Waals surface area contributed by atoms with Crippen molar-refractivity contribution < 1.29 is 9.26 Å². The third-order valence-electron chi connectivity index (χ3n) is 6.75. The van der Waals surface area contributed by atoms with Gasteiger partial charge in [-0.05, 0) is 41.3 Å². The van der Waals surface area contributed by atoms with Crippen LogP contribution in [0.25, 0.3) is 22.4 Å². The first kappa shape index (κ1) is 22.8. The number of aromatic nitrogens is 4. The molecule has 0 fully saturated rings. The van der Waals surface area contributed by atoms with Crippen LogP contribution in [0.15, 0.2) is 88.3 Å². The number of ether oxygens (including phenoxy) is 1. The Morgan fingerprint density at radius 2 is 1.84 bits per heavy atom. The predicted octanol–water partition coefficient (Wildman–Crippen LogP) is 5.71. The molecule has 1 N–H and O–H groups in total. The van der Waals surface area contributed by atoms with Gasteiger partial charge in [0.15, 0.2) is 5.82 Å². The number of H-pyrrole nitrogens is 1. The van der Waals surface area contributed by atoms with Crippen molar-refractivity contribution >= 4 is 11.1 Å². The first-order valence-electron chi connectivity index (χ1n) is 12.3. The van der Waals surface area contributed by atoms with Gasteiger partial charge in [0.25, 0.3) is 0 Å². The Bertz CT molecular complexity index is 1670. The van der Waals surface area contributed by atoms with E-state index < -0.39 is 5.76 Å². The number of benzene rings is 3. The highest BCUT2D eigenvalue weighted by molar-refractivity contribution is 5.99. The molecule has 0 amide bonds. The fourth-order valence-corrected chi connectivity index (χ4v) is 4.94. The van der Waals surface area contributed by atoms with Crippen molar-refractivity contribution in [3.05, 3.63) is 123 Å². The van der Waals surface area contributed by atoms with Gasteiger partial charge in [0.05, 0.1) is 5.69 Å². The summed E-state index contributed by atoms with van der Waals surface area (Å²) in [4.78, 5) is 19.2. The smallest absolute Gasteiger partial charge is 0.439 e. The second-order valence-corrected chi connectivity index (χ2v) is 9.11. The summed E-state index contributed by atoms with van der Waals surface area (Å²) in [5.41, 5.74) is 8.08. The fraction of sp³-hybridized carbons (Fsp3) is 0.167. The second kappa shape index (κ2) is 9.43. The fourth-order valence-electron chi connectivity index (χ4n) is 4.94. The van der Waals surface area contributed by atoms with E-state index in [-0.39, 0.29) is 0 Å². The number of hydrogen-bond donors (Lipinski definition) is 1. The normalized spacial score (nSPS) is 13.9. The second-order valence-electron chi connectivity index (χ2n) is 9.11. The SMILES string of the molecule is CCc1nc(-c2ccccc2)cn1Cc1ccc2c(c1)COc1ccccc1C2=C(C)c1noc(=O)[nH]1. The lowest BCUT2D eigenvalue weighted by Crippen LogP contribution is -2.05. The minimum atomic E-state index is -0.578. The van der Waals surface area contributed by atoms with E-state index in [0.717, 1.165) is 62.7 Å². The number of allylic oxidation sites excluding steroid dienone is 1. The van der Waals surface area contributed by atoms with Crippen LogP contribution in [-0.4, -0.2) is 19.7 Å². The molecule has 0 spiro atoms. The summed E-state index contributed by atoms with van der Waals surface area (Å²) < 4.78 is 13.2. The van der Waals surface area contributed by atoms with E-state index in [9.17, 15) is 4.79 Å². The van der Waals surface area contributed by atoms with Crippen LogP contribution in [0, 0.1) is 0 Å². The van der Waals surface area contributed by atoms with Crippen molar-refractivity contribution in [1.29, 1.82) is 0 Å². The van der Waals surface area contributed by atoms with Crippen LogP contribution in [0.2, 0.25) is 0 Å². The van der Waals surface area contributed by atoms with Crippen molar-refractivity contribution in [2.45, 2.75) is 33.4 Å². The van der Waals surface area contributed by atoms with Crippen molar-refractivity contribution in [2.75, 3.05) is 0 Å². The van der Waals surface area contributed by atoms with Gasteiger partial charge in [-0.2, -0.15) is 0 Å². The summed E-state index contributed by atoms with van der Waals surface area (Å²) in [5, 5.41) is 3.94. The van der Waals surface area contributed by atoms with Crippen molar-refractivity contribution in [2.24, 2.45) is 0 Å². The van der Waals surface area contributed by atoms with E-state index in [1.54, 1.807) is 0 Å². The van der Waals surface area contributed by atoms with E-state index in [1.165, 1.54) is 0 Å². The molecule has 37 heavy (non-hydrogen) atoms. The summed E-state index contributed by atoms with van der Waals surface area (Å²) in [6.45, 7) is 5.21. The summed E-state index contributed by atoms with van der Waals surface area (Å²) >= 11 is 0. The van der Waals surface area contributed by atoms with Crippen LogP contribution < -0.4 is 10.5 Å². The third-order valence-corrected chi connectivity index (χ3v) is 6.75. The molecular weight excluding hydrogens is 464 g/mol. The number of nitrogens with zero attached hydrogens (tertiary/aromatic N) is 3. The molecule has 0 atom stereocenters. The third kappa shape index (κ3) is 4.29. The van der Waals surface area contributed by atoms with Gasteiger partial charge in [-0.25, -0.2) is 9.78 Å². The average molecular weight is 491 g/mol. The number of aromatic amines is 1. The molecule has 0 bridgehead atoms. The van der Waals surface area contributed by atoms with Crippen LogP contribution >= 0.6 is 0 Å². The summed E-state index contributed by atoms with van der Waals surface area (Å²) in [7, 11) is 0. The minimum absolute atomic E-state index is 0.408. The molecule has 1 aliphatic heterocycles. The van der Waals surface area contributed by atoms with E-state index in [2.05, 4.69) is 58.2 Å². The van der Waals surface area contributed by atoms with E-state index >= 15 is 0 Å². The standard InChI is InChI=1S/C30H26N4O3/c1-3-27-31-25(21-9-5-4-6-10-21)17-34(27)16-20-13-14-23-22(15-20)18-36-26-12-8-7-11-24(26)28(23)19(2)29-32-30(35)37-33-29/h4-15,17H,3,16,18H2,1-2H3,(H,32,33,35). The van der Waals surface area contributed by atoms with Crippen LogP contribution in [-0.2, 0) is 19.6 Å². The van der Waals surface area contributed by atoms with Crippen LogP contribution in [0.1, 0.15) is 47.8 Å². The molecule has 7 nitrogen and oxygen atoms in total. The number of fused-ring (bicyclic) bond motifs is 2. The maximum atomic E-state index is 11.7. The Morgan fingerprint density at radius 3 is 2.62 bits per heavy atom. The van der Waals surface area contributed by atoms with Gasteiger partial charge in [0, 0.05) is 35.9 Å². The van der Waals surface area contributed by atoms with Gasteiger partial charge in [0.2, 0.25) is 0 Å². The molecule has 3 aromatic carbocycles. The molecular formula is C30H26N4O3. The average Bonchev–Trinajstić information content (AvgIpc) is 3.51. The predicted molar refractivity (Wildman–Crippen MR) is 142 cm³/mol. The molecule has 6 rings (SSSR count). The quantitative estimate of drug-likeness (QED) is 0.341. The van der Waals surface area contributed by atoms with Crippen LogP contribution in [0.3, 0.4) is 0 Å². The number of imidazole rings is 1. The maximum Gasteiger partial charge on any atom is 0.439 e. The number of aryl methyl sites for hydroxylation is 1. The summed E-state index contributed by atoms with van der Waals surface area (Å²) in [6.07, 6.45) is 2.97. The highest BCUT2D eigenvalue weighted by Gasteiger charge is 2.23. The highest BCUT2D eigenvalue weighted by atomic mass is 16.5. The van der Waals surface area contributed by atoms with Gasteiger partial charge in [-0.1, -0.05) is 72.7 Å². The lowest BCUT2D eigenvalue weighted by Gasteiger charge is -2.14. The van der Waals surface area contributed by atoms with E-state index in [1.807, 2.05) is 49.4 Å². The number of hydrogen-bond acceptors (Lipinski definition) is 5. The van der Waals surface area contributed by atoms with E-state index in [0.29, 0.717) is 19.0 Å².